The summed E-state index contributed by atoms with van der Waals surface area (Å²) in [5.74, 6) is -1.07. The molecule has 0 fully saturated rings. The molecule has 86 valence electrons. The number of aliphatic carboxylic acids is 1. The lowest BCUT2D eigenvalue weighted by Crippen LogP contribution is -2.37. The lowest BCUT2D eigenvalue weighted by molar-refractivity contribution is -0.132. The van der Waals surface area contributed by atoms with E-state index in [1.54, 1.807) is 0 Å². The summed E-state index contributed by atoms with van der Waals surface area (Å²) in [5.41, 5.74) is -0.822. The molecule has 0 aliphatic heterocycles. The number of carboxylic acid groups (broad SMARTS) is 1. The SMILES string of the molecule is CC(=CCn1c(=O)ccn(C)c1=O)C(=O)O. The molecule has 0 aliphatic carbocycles. The van der Waals surface area contributed by atoms with Gasteiger partial charge in [-0.05, 0) is 6.92 Å². The number of carbonyl (C=O) groups is 1. The summed E-state index contributed by atoms with van der Waals surface area (Å²) in [7, 11) is 1.52. The van der Waals surface area contributed by atoms with E-state index in [2.05, 4.69) is 0 Å². The predicted molar refractivity (Wildman–Crippen MR) is 57.3 cm³/mol. The average Bonchev–Trinajstić information content (AvgIpc) is 2.23. The number of aromatic nitrogens is 2. The molecule has 0 saturated heterocycles. The van der Waals surface area contributed by atoms with E-state index >= 15 is 0 Å². The number of nitrogens with zero attached hydrogens (tertiary/aromatic N) is 2. The van der Waals surface area contributed by atoms with Gasteiger partial charge >= 0.3 is 11.7 Å². The van der Waals surface area contributed by atoms with Crippen LogP contribution in [0.3, 0.4) is 0 Å². The molecular weight excluding hydrogens is 212 g/mol. The van der Waals surface area contributed by atoms with Crippen molar-refractivity contribution >= 4 is 5.97 Å². The van der Waals surface area contributed by atoms with Gasteiger partial charge in [-0.15, -0.1) is 0 Å². The van der Waals surface area contributed by atoms with Crippen LogP contribution in [0, 0.1) is 0 Å². The van der Waals surface area contributed by atoms with Gasteiger partial charge in [0.1, 0.15) is 0 Å². The van der Waals surface area contributed by atoms with Crippen LogP contribution in [0.25, 0.3) is 0 Å². The third kappa shape index (κ3) is 2.47. The van der Waals surface area contributed by atoms with Gasteiger partial charge in [-0.2, -0.15) is 0 Å². The van der Waals surface area contributed by atoms with Crippen molar-refractivity contribution in [2.75, 3.05) is 0 Å². The minimum atomic E-state index is -1.07. The summed E-state index contributed by atoms with van der Waals surface area (Å²) in [6.07, 6.45) is 2.69. The highest BCUT2D eigenvalue weighted by molar-refractivity contribution is 5.85. The zero-order valence-electron chi connectivity index (χ0n) is 9.01. The molecule has 1 aromatic rings. The highest BCUT2D eigenvalue weighted by atomic mass is 16.4. The standard InChI is InChI=1S/C10H12N2O4/c1-7(9(14)15)3-6-12-8(13)4-5-11(2)10(12)16/h3-5H,6H2,1-2H3,(H,14,15). The first-order valence-corrected chi connectivity index (χ1v) is 4.60. The molecule has 1 aromatic heterocycles. The molecule has 6 heteroatoms. The van der Waals surface area contributed by atoms with Gasteiger partial charge in [-0.25, -0.2) is 9.59 Å². The Kier molecular flexibility index (Phi) is 3.44. The Balaban J connectivity index is 3.13. The van der Waals surface area contributed by atoms with Gasteiger partial charge in [0.15, 0.2) is 0 Å². The molecule has 0 atom stereocenters. The Labute approximate surface area is 91.1 Å². The molecule has 0 radical (unpaired) electrons. The van der Waals surface area contributed by atoms with Crippen molar-refractivity contribution in [2.45, 2.75) is 13.5 Å². The zero-order valence-corrected chi connectivity index (χ0v) is 9.01. The van der Waals surface area contributed by atoms with E-state index in [-0.39, 0.29) is 12.1 Å². The minimum Gasteiger partial charge on any atom is -0.478 e. The molecule has 0 saturated carbocycles. The van der Waals surface area contributed by atoms with Gasteiger partial charge in [0.25, 0.3) is 5.56 Å². The maximum Gasteiger partial charge on any atom is 0.331 e. The molecule has 0 bridgehead atoms. The van der Waals surface area contributed by atoms with Crippen molar-refractivity contribution in [1.29, 1.82) is 0 Å². The molecular formula is C10H12N2O4. The van der Waals surface area contributed by atoms with Crippen molar-refractivity contribution in [1.82, 2.24) is 9.13 Å². The van der Waals surface area contributed by atoms with E-state index in [4.69, 9.17) is 5.11 Å². The van der Waals surface area contributed by atoms with E-state index in [0.29, 0.717) is 0 Å². The number of carboxylic acids is 1. The summed E-state index contributed by atoms with van der Waals surface area (Å²) in [5, 5.41) is 8.61. The summed E-state index contributed by atoms with van der Waals surface area (Å²) in [4.78, 5) is 33.4. The first kappa shape index (κ1) is 12.0. The van der Waals surface area contributed by atoms with Gasteiger partial charge in [-0.3, -0.25) is 9.36 Å². The van der Waals surface area contributed by atoms with Gasteiger partial charge < -0.3 is 9.67 Å². The summed E-state index contributed by atoms with van der Waals surface area (Å²) < 4.78 is 2.22. The topological polar surface area (TPSA) is 81.3 Å². The molecule has 6 nitrogen and oxygen atoms in total. The number of hydrogen-bond donors (Lipinski definition) is 1. The lowest BCUT2D eigenvalue weighted by atomic mass is 10.3. The van der Waals surface area contributed by atoms with Crippen molar-refractivity contribution in [3.8, 4) is 0 Å². The van der Waals surface area contributed by atoms with Crippen LogP contribution < -0.4 is 11.2 Å². The Morgan fingerprint density at radius 3 is 2.69 bits per heavy atom. The Bertz CT molecular complexity index is 551. The lowest BCUT2D eigenvalue weighted by Gasteiger charge is -2.03. The molecule has 1 heterocycles. The minimum absolute atomic E-state index is 0.0372. The van der Waals surface area contributed by atoms with Gasteiger partial charge in [0.2, 0.25) is 0 Å². The normalized spacial score (nSPS) is 11.5. The summed E-state index contributed by atoms with van der Waals surface area (Å²) in [6.45, 7) is 1.37. The quantitative estimate of drug-likeness (QED) is 0.707. The van der Waals surface area contributed by atoms with Crippen molar-refractivity contribution < 1.29 is 9.90 Å². The zero-order chi connectivity index (χ0) is 12.3. The fraction of sp³-hybridized carbons (Fsp3) is 0.300. The van der Waals surface area contributed by atoms with E-state index in [1.807, 2.05) is 0 Å². The third-order valence-electron chi connectivity index (χ3n) is 2.16. The smallest absolute Gasteiger partial charge is 0.331 e. The predicted octanol–water partition coefficient (Wildman–Crippen LogP) is -0.422. The van der Waals surface area contributed by atoms with Crippen LogP contribution in [-0.4, -0.2) is 20.2 Å². The second kappa shape index (κ2) is 4.61. The summed E-state index contributed by atoms with van der Waals surface area (Å²) >= 11 is 0. The fourth-order valence-corrected chi connectivity index (χ4v) is 1.10. The van der Waals surface area contributed by atoms with Crippen LogP contribution in [0.2, 0.25) is 0 Å². The van der Waals surface area contributed by atoms with Gasteiger partial charge in [0.05, 0.1) is 0 Å². The van der Waals surface area contributed by atoms with E-state index < -0.39 is 17.2 Å². The Morgan fingerprint density at radius 2 is 2.12 bits per heavy atom. The average molecular weight is 224 g/mol. The van der Waals surface area contributed by atoms with Crippen LogP contribution in [-0.2, 0) is 18.4 Å². The second-order valence-electron chi connectivity index (χ2n) is 3.35. The van der Waals surface area contributed by atoms with Crippen LogP contribution in [0.1, 0.15) is 6.92 Å². The number of rotatable bonds is 3. The second-order valence-corrected chi connectivity index (χ2v) is 3.35. The third-order valence-corrected chi connectivity index (χ3v) is 2.16. The Hall–Kier alpha value is -2.11. The number of hydrogen-bond acceptors (Lipinski definition) is 3. The van der Waals surface area contributed by atoms with Crippen molar-refractivity contribution in [3.63, 3.8) is 0 Å². The molecule has 0 unspecified atom stereocenters. The van der Waals surface area contributed by atoms with Crippen LogP contribution in [0.5, 0.6) is 0 Å². The molecule has 0 aromatic carbocycles. The highest BCUT2D eigenvalue weighted by Gasteiger charge is 2.03. The monoisotopic (exact) mass is 224 g/mol. The molecule has 1 N–H and O–H groups in total. The van der Waals surface area contributed by atoms with Crippen molar-refractivity contribution in [3.05, 3.63) is 44.8 Å². The largest absolute Gasteiger partial charge is 0.478 e. The molecule has 0 amide bonds. The van der Waals surface area contributed by atoms with E-state index in [9.17, 15) is 14.4 Å². The van der Waals surface area contributed by atoms with Crippen LogP contribution >= 0.6 is 0 Å². The maximum atomic E-state index is 11.5. The highest BCUT2D eigenvalue weighted by Crippen LogP contribution is 1.91. The van der Waals surface area contributed by atoms with E-state index in [1.165, 1.54) is 36.9 Å². The number of aryl methyl sites for hydroxylation is 1. The summed E-state index contributed by atoms with van der Waals surface area (Å²) in [6, 6.07) is 1.26. The fourth-order valence-electron chi connectivity index (χ4n) is 1.10. The Morgan fingerprint density at radius 1 is 1.50 bits per heavy atom. The van der Waals surface area contributed by atoms with Crippen molar-refractivity contribution in [2.24, 2.45) is 7.05 Å². The molecule has 0 aliphatic rings. The first-order valence-electron chi connectivity index (χ1n) is 4.60. The van der Waals surface area contributed by atoms with Gasteiger partial charge in [0, 0.05) is 31.4 Å². The number of allylic oxidation sites excluding steroid dienone is 1. The van der Waals surface area contributed by atoms with Crippen LogP contribution in [0.15, 0.2) is 33.5 Å². The van der Waals surface area contributed by atoms with E-state index in [0.717, 1.165) is 4.57 Å². The molecule has 0 spiro atoms. The van der Waals surface area contributed by atoms with Gasteiger partial charge in [-0.1, -0.05) is 6.08 Å². The molecule has 16 heavy (non-hydrogen) atoms. The van der Waals surface area contributed by atoms with Crippen LogP contribution in [0.4, 0.5) is 0 Å². The first-order chi connectivity index (χ1) is 7.43. The maximum absolute atomic E-state index is 11.5. The molecule has 1 rings (SSSR count).